The van der Waals surface area contributed by atoms with Gasteiger partial charge in [0.05, 0.1) is 10.4 Å². The molecule has 4 nitrogen and oxygen atoms in total. The van der Waals surface area contributed by atoms with Gasteiger partial charge in [0.15, 0.2) is 0 Å². The number of aromatic nitrogens is 1. The molecule has 0 saturated heterocycles. The van der Waals surface area contributed by atoms with Crippen molar-refractivity contribution in [1.82, 2.24) is 8.87 Å². The van der Waals surface area contributed by atoms with Crippen molar-refractivity contribution in [2.75, 3.05) is 13.5 Å². The Morgan fingerprint density at radius 3 is 2.74 bits per heavy atom. The van der Waals surface area contributed by atoms with Crippen molar-refractivity contribution in [2.45, 2.75) is 30.7 Å². The number of benzene rings is 2. The monoisotopic (exact) mass is 381 g/mol. The molecule has 2 aromatic carbocycles. The van der Waals surface area contributed by atoms with Crippen LogP contribution in [0.3, 0.4) is 0 Å². The Kier molecular flexibility index (Phi) is 2.96. The summed E-state index contributed by atoms with van der Waals surface area (Å²) in [6.45, 7) is 0.199. The Hall–Kier alpha value is -2.37. The van der Waals surface area contributed by atoms with Crippen molar-refractivity contribution in [2.24, 2.45) is 0 Å². The maximum Gasteiger partial charge on any atom is 0.268 e. The fourth-order valence-electron chi connectivity index (χ4n) is 4.29. The number of fused-ring (bicyclic) bond motifs is 2. The molecule has 138 valence electrons. The summed E-state index contributed by atoms with van der Waals surface area (Å²) < 4.78 is 52.0. The first-order valence-electron chi connectivity index (χ1n) is 10.6. The van der Waals surface area contributed by atoms with Gasteiger partial charge >= 0.3 is 0 Å². The first-order valence-corrected chi connectivity index (χ1v) is 10.5. The van der Waals surface area contributed by atoms with Gasteiger partial charge in [0.2, 0.25) is 0 Å². The van der Waals surface area contributed by atoms with E-state index in [2.05, 4.69) is 6.08 Å². The second-order valence-electron chi connectivity index (χ2n) is 7.33. The third-order valence-corrected chi connectivity index (χ3v) is 7.33. The molecule has 0 N–H and O–H groups in total. The minimum absolute atomic E-state index is 0.238. The molecule has 27 heavy (non-hydrogen) atoms. The third kappa shape index (κ3) is 2.42. The molecular formula is C22H22N2O2S. The van der Waals surface area contributed by atoms with Crippen molar-refractivity contribution in [3.05, 3.63) is 71.4 Å². The molecule has 1 atom stereocenters. The summed E-state index contributed by atoms with van der Waals surface area (Å²) in [7, 11) is -3.76. The zero-order valence-electron chi connectivity index (χ0n) is 18.0. The van der Waals surface area contributed by atoms with Gasteiger partial charge in [-0.25, -0.2) is 12.4 Å². The normalized spacial score (nSPS) is 21.9. The van der Waals surface area contributed by atoms with E-state index in [0.29, 0.717) is 24.9 Å². The largest absolute Gasteiger partial charge is 0.299 e. The smallest absolute Gasteiger partial charge is 0.268 e. The minimum Gasteiger partial charge on any atom is -0.299 e. The summed E-state index contributed by atoms with van der Waals surface area (Å²) in [5.74, 6) is 0. The highest BCUT2D eigenvalue weighted by Gasteiger charge is 2.33. The number of hydrogen-bond acceptors (Lipinski definition) is 3. The Morgan fingerprint density at radius 1 is 1.15 bits per heavy atom. The van der Waals surface area contributed by atoms with Crippen molar-refractivity contribution in [1.29, 1.82) is 0 Å². The first kappa shape index (κ1) is 13.7. The zero-order chi connectivity index (χ0) is 21.3. The van der Waals surface area contributed by atoms with Crippen LogP contribution in [0.2, 0.25) is 0 Å². The van der Waals surface area contributed by atoms with Gasteiger partial charge < -0.3 is 0 Å². The van der Waals surface area contributed by atoms with Gasteiger partial charge in [-0.15, -0.1) is 0 Å². The van der Waals surface area contributed by atoms with E-state index < -0.39 is 17.0 Å². The highest BCUT2D eigenvalue weighted by molar-refractivity contribution is 7.90. The van der Waals surface area contributed by atoms with Crippen molar-refractivity contribution in [3.8, 4) is 0 Å². The maximum atomic E-state index is 13.4. The number of nitrogens with zero attached hydrogens (tertiary/aromatic N) is 2. The molecule has 0 unspecified atom stereocenters. The fourth-order valence-corrected chi connectivity index (χ4v) is 5.68. The van der Waals surface area contributed by atoms with Crippen LogP contribution < -0.4 is 0 Å². The van der Waals surface area contributed by atoms with Gasteiger partial charge in [-0.3, -0.25) is 4.90 Å². The summed E-state index contributed by atoms with van der Waals surface area (Å²) in [6.07, 6.45) is 4.93. The predicted octanol–water partition coefficient (Wildman–Crippen LogP) is 3.83. The maximum absolute atomic E-state index is 13.4. The van der Waals surface area contributed by atoms with Crippen LogP contribution in [0, 0.1) is 6.92 Å². The van der Waals surface area contributed by atoms with Crippen LogP contribution in [-0.2, 0) is 16.4 Å². The highest BCUT2D eigenvalue weighted by atomic mass is 32.2. The van der Waals surface area contributed by atoms with Crippen LogP contribution in [0.25, 0.3) is 16.5 Å². The third-order valence-electron chi connectivity index (χ3n) is 5.65. The van der Waals surface area contributed by atoms with Gasteiger partial charge in [-0.05, 0) is 61.6 Å². The van der Waals surface area contributed by atoms with E-state index in [1.165, 1.54) is 3.97 Å². The molecule has 1 aliphatic heterocycles. The molecule has 2 aliphatic rings. The first-order chi connectivity index (χ1) is 14.2. The van der Waals surface area contributed by atoms with Crippen LogP contribution >= 0.6 is 0 Å². The number of likely N-dealkylation sites (N-methyl/N-ethyl adjacent to an activating group) is 1. The second-order valence-corrected chi connectivity index (χ2v) is 9.14. The van der Waals surface area contributed by atoms with Crippen LogP contribution in [0.5, 0.6) is 0 Å². The Bertz CT molecular complexity index is 1290. The topological polar surface area (TPSA) is 42.3 Å². The molecule has 0 saturated carbocycles. The molecule has 5 rings (SSSR count). The van der Waals surface area contributed by atoms with Gasteiger partial charge in [0.1, 0.15) is 0 Å². The molecule has 1 aromatic heterocycles. The number of hydrogen-bond donors (Lipinski definition) is 0. The molecule has 3 aromatic rings. The van der Waals surface area contributed by atoms with Gasteiger partial charge in [-0.1, -0.05) is 35.9 Å². The summed E-state index contributed by atoms with van der Waals surface area (Å²) >= 11 is 0. The van der Waals surface area contributed by atoms with E-state index in [4.69, 9.17) is 4.11 Å². The standard InChI is InChI=1S/C22H22N2O2S/c1-15-8-10-17(11-9-15)27(25,26)24-14-16-13-21-18(6-4-12-23(21)2)19-5-3-7-20(24)22(16)19/h3,5-11,14,21H,4,12-13H2,1-2H3/t21-/m1/s1/i2D3. The summed E-state index contributed by atoms with van der Waals surface area (Å²) in [5.41, 5.74) is 4.42. The van der Waals surface area contributed by atoms with Crippen LogP contribution in [-0.4, -0.2) is 36.9 Å². The lowest BCUT2D eigenvalue weighted by molar-refractivity contribution is 0.282. The van der Waals surface area contributed by atoms with E-state index in [9.17, 15) is 8.42 Å². The number of aryl methyl sites for hydroxylation is 1. The van der Waals surface area contributed by atoms with E-state index in [1.807, 2.05) is 25.1 Å². The molecule has 0 amide bonds. The number of rotatable bonds is 2. The second kappa shape index (κ2) is 5.81. The Morgan fingerprint density at radius 2 is 1.96 bits per heavy atom. The summed E-state index contributed by atoms with van der Waals surface area (Å²) in [4.78, 5) is 1.80. The van der Waals surface area contributed by atoms with Gasteiger partial charge in [-0.2, -0.15) is 0 Å². The zero-order valence-corrected chi connectivity index (χ0v) is 15.8. The average Bonchev–Trinajstić information content (AvgIpc) is 3.08. The molecule has 2 heterocycles. The highest BCUT2D eigenvalue weighted by Crippen LogP contribution is 2.41. The fraction of sp³-hybridized carbons (Fsp3) is 0.273. The van der Waals surface area contributed by atoms with Crippen LogP contribution in [0.15, 0.2) is 59.6 Å². The SMILES string of the molecule is [2H]C([2H])([2H])N1CCC=C2c3cccc4c3c(cn4S(=O)(=O)c3ccc(C)cc3)C[C@H]21. The van der Waals surface area contributed by atoms with E-state index in [-0.39, 0.29) is 10.9 Å². The van der Waals surface area contributed by atoms with E-state index >= 15 is 0 Å². The van der Waals surface area contributed by atoms with Crippen molar-refractivity contribution < 1.29 is 12.5 Å². The lowest BCUT2D eigenvalue weighted by Crippen LogP contribution is -2.39. The van der Waals surface area contributed by atoms with Crippen molar-refractivity contribution in [3.63, 3.8) is 0 Å². The molecule has 0 fully saturated rings. The van der Waals surface area contributed by atoms with Gasteiger partial charge in [0, 0.05) is 28.3 Å². The van der Waals surface area contributed by atoms with E-state index in [1.54, 1.807) is 35.4 Å². The minimum atomic E-state index is -3.76. The Balaban J connectivity index is 1.70. The molecule has 0 radical (unpaired) electrons. The molecule has 0 bridgehead atoms. The molecule has 0 spiro atoms. The lowest BCUT2D eigenvalue weighted by Gasteiger charge is -2.36. The average molecular weight is 382 g/mol. The quantitative estimate of drug-likeness (QED) is 0.677. The van der Waals surface area contributed by atoms with Crippen molar-refractivity contribution >= 4 is 26.5 Å². The Labute approximate surface area is 164 Å². The summed E-state index contributed by atoms with van der Waals surface area (Å²) in [5, 5.41) is 0.906. The molecule has 5 heteroatoms. The predicted molar refractivity (Wildman–Crippen MR) is 108 cm³/mol. The van der Waals surface area contributed by atoms with Crippen LogP contribution in [0.1, 0.15) is 27.2 Å². The molecular weight excluding hydrogens is 356 g/mol. The van der Waals surface area contributed by atoms with Crippen LogP contribution in [0.4, 0.5) is 0 Å². The molecule has 1 aliphatic carbocycles. The van der Waals surface area contributed by atoms with Gasteiger partial charge in [0.25, 0.3) is 10.0 Å². The lowest BCUT2D eigenvalue weighted by atomic mass is 9.82. The summed E-state index contributed by atoms with van der Waals surface area (Å²) in [6, 6.07) is 12.2. The van der Waals surface area contributed by atoms with E-state index in [0.717, 1.165) is 27.6 Å².